The first-order chi connectivity index (χ1) is 7.53. The molecular formula is C13H26N2O. The van der Waals surface area contributed by atoms with Gasteiger partial charge in [-0.1, -0.05) is 20.3 Å². The lowest BCUT2D eigenvalue weighted by Gasteiger charge is -2.32. The summed E-state index contributed by atoms with van der Waals surface area (Å²) in [6, 6.07) is 0.525. The lowest BCUT2D eigenvalue weighted by molar-refractivity contribution is -0.137. The Labute approximate surface area is 99.6 Å². The van der Waals surface area contributed by atoms with Crippen LogP contribution in [0.5, 0.6) is 0 Å². The van der Waals surface area contributed by atoms with Crippen molar-refractivity contribution in [3.05, 3.63) is 0 Å². The number of hydrogen-bond donors (Lipinski definition) is 1. The number of unbranched alkanes of at least 4 members (excludes halogenated alkanes) is 1. The van der Waals surface area contributed by atoms with Crippen molar-refractivity contribution < 1.29 is 4.79 Å². The third-order valence-electron chi connectivity index (χ3n) is 3.15. The zero-order chi connectivity index (χ0) is 12.2. The minimum atomic E-state index is -0.412. The number of carbonyl (C=O) groups excluding carboxylic acids is 1. The Balaban J connectivity index is 2.58. The fourth-order valence-corrected chi connectivity index (χ4v) is 2.04. The second-order valence-corrected chi connectivity index (χ2v) is 5.24. The largest absolute Gasteiger partial charge is 0.338 e. The van der Waals surface area contributed by atoms with Crippen molar-refractivity contribution in [1.29, 1.82) is 0 Å². The van der Waals surface area contributed by atoms with E-state index in [1.54, 1.807) is 0 Å². The first kappa shape index (κ1) is 13.5. The van der Waals surface area contributed by atoms with Crippen molar-refractivity contribution in [2.45, 2.75) is 65.0 Å². The Morgan fingerprint density at radius 1 is 1.38 bits per heavy atom. The molecule has 0 bridgehead atoms. The highest BCUT2D eigenvalue weighted by Crippen LogP contribution is 2.29. The van der Waals surface area contributed by atoms with Gasteiger partial charge in [-0.15, -0.1) is 0 Å². The van der Waals surface area contributed by atoms with Gasteiger partial charge in [0.15, 0.2) is 0 Å². The summed E-state index contributed by atoms with van der Waals surface area (Å²) in [5.74, 6) is 0.269. The molecule has 0 heterocycles. The molecule has 0 saturated heterocycles. The van der Waals surface area contributed by atoms with Crippen LogP contribution >= 0.6 is 0 Å². The summed E-state index contributed by atoms with van der Waals surface area (Å²) >= 11 is 0. The molecule has 0 aromatic heterocycles. The van der Waals surface area contributed by atoms with Crippen LogP contribution in [0, 0.1) is 0 Å². The van der Waals surface area contributed by atoms with Crippen LogP contribution in [0.3, 0.4) is 0 Å². The number of hydrogen-bond acceptors (Lipinski definition) is 2. The van der Waals surface area contributed by atoms with Crippen LogP contribution in [-0.2, 0) is 4.79 Å². The van der Waals surface area contributed by atoms with E-state index >= 15 is 0 Å². The van der Waals surface area contributed by atoms with Crippen molar-refractivity contribution in [1.82, 2.24) is 10.2 Å². The van der Waals surface area contributed by atoms with Gasteiger partial charge < -0.3 is 10.2 Å². The highest BCUT2D eigenvalue weighted by Gasteiger charge is 2.38. The Morgan fingerprint density at radius 2 is 2.00 bits per heavy atom. The molecule has 3 nitrogen and oxygen atoms in total. The summed E-state index contributed by atoms with van der Waals surface area (Å²) in [5.41, 5.74) is -0.412. The van der Waals surface area contributed by atoms with E-state index in [4.69, 9.17) is 0 Å². The highest BCUT2D eigenvalue weighted by atomic mass is 16.2. The van der Waals surface area contributed by atoms with E-state index in [2.05, 4.69) is 17.1 Å². The molecule has 1 aliphatic carbocycles. The number of likely N-dealkylation sites (N-methyl/N-ethyl adjacent to an activating group) is 1. The second-order valence-electron chi connectivity index (χ2n) is 5.24. The van der Waals surface area contributed by atoms with Gasteiger partial charge in [0.05, 0.1) is 5.54 Å². The van der Waals surface area contributed by atoms with E-state index in [-0.39, 0.29) is 5.91 Å². The molecule has 16 heavy (non-hydrogen) atoms. The summed E-state index contributed by atoms with van der Waals surface area (Å²) < 4.78 is 0. The molecule has 1 saturated carbocycles. The minimum absolute atomic E-state index is 0.269. The van der Waals surface area contributed by atoms with Gasteiger partial charge in [0, 0.05) is 12.6 Å². The summed E-state index contributed by atoms with van der Waals surface area (Å²) in [5, 5.41) is 3.27. The highest BCUT2D eigenvalue weighted by molar-refractivity contribution is 5.86. The van der Waals surface area contributed by atoms with E-state index in [0.717, 1.165) is 25.9 Å². The lowest BCUT2D eigenvalue weighted by atomic mass is 10.0. The van der Waals surface area contributed by atoms with Crippen molar-refractivity contribution in [2.75, 3.05) is 13.1 Å². The molecule has 0 aromatic rings. The Hall–Kier alpha value is -0.570. The molecule has 1 amide bonds. The van der Waals surface area contributed by atoms with Crippen molar-refractivity contribution >= 4 is 5.91 Å². The van der Waals surface area contributed by atoms with Crippen molar-refractivity contribution in [3.8, 4) is 0 Å². The molecule has 0 unspecified atom stereocenters. The molecule has 1 rings (SSSR count). The van der Waals surface area contributed by atoms with Gasteiger partial charge in [-0.2, -0.15) is 0 Å². The first-order valence-electron chi connectivity index (χ1n) is 6.59. The topological polar surface area (TPSA) is 32.3 Å². The Bertz CT molecular complexity index is 234. The van der Waals surface area contributed by atoms with Gasteiger partial charge in [0.2, 0.25) is 5.91 Å². The monoisotopic (exact) mass is 226 g/mol. The summed E-state index contributed by atoms with van der Waals surface area (Å²) in [6.07, 6.45) is 4.65. The van der Waals surface area contributed by atoms with Crippen LogP contribution in [0.2, 0.25) is 0 Å². The molecule has 0 spiro atoms. The number of carbonyl (C=O) groups is 1. The summed E-state index contributed by atoms with van der Waals surface area (Å²) in [7, 11) is 0. The number of amides is 1. The van der Waals surface area contributed by atoms with E-state index < -0.39 is 5.54 Å². The number of rotatable bonds is 7. The lowest BCUT2D eigenvalue weighted by Crippen LogP contribution is -2.54. The molecular weight excluding hydrogens is 200 g/mol. The molecule has 0 atom stereocenters. The summed E-state index contributed by atoms with van der Waals surface area (Å²) in [4.78, 5) is 14.5. The standard InChI is InChI=1S/C13H26N2O/c1-5-7-10-15(11-8-9-11)12(16)13(3,4)14-6-2/h11,14H,5-10H2,1-4H3. The molecule has 1 aliphatic rings. The smallest absolute Gasteiger partial charge is 0.242 e. The zero-order valence-corrected chi connectivity index (χ0v) is 11.2. The maximum absolute atomic E-state index is 12.4. The van der Waals surface area contributed by atoms with Crippen LogP contribution in [0.25, 0.3) is 0 Å². The van der Waals surface area contributed by atoms with Gasteiger partial charge >= 0.3 is 0 Å². The number of nitrogens with zero attached hydrogens (tertiary/aromatic N) is 1. The predicted molar refractivity (Wildman–Crippen MR) is 67.4 cm³/mol. The van der Waals surface area contributed by atoms with Crippen LogP contribution in [0.1, 0.15) is 53.4 Å². The van der Waals surface area contributed by atoms with Gasteiger partial charge in [-0.05, 0) is 39.7 Å². The van der Waals surface area contributed by atoms with E-state index in [9.17, 15) is 4.79 Å². The second kappa shape index (κ2) is 5.67. The van der Waals surface area contributed by atoms with Gasteiger partial charge in [-0.3, -0.25) is 4.79 Å². The maximum atomic E-state index is 12.4. The Morgan fingerprint density at radius 3 is 2.44 bits per heavy atom. The van der Waals surface area contributed by atoms with Crippen LogP contribution < -0.4 is 5.32 Å². The normalized spacial score (nSPS) is 16.2. The minimum Gasteiger partial charge on any atom is -0.338 e. The van der Waals surface area contributed by atoms with Crippen molar-refractivity contribution in [3.63, 3.8) is 0 Å². The maximum Gasteiger partial charge on any atom is 0.242 e. The Kier molecular flexibility index (Phi) is 4.78. The van der Waals surface area contributed by atoms with E-state index in [1.807, 2.05) is 20.8 Å². The van der Waals surface area contributed by atoms with E-state index in [1.165, 1.54) is 12.8 Å². The molecule has 1 fully saturated rings. The quantitative estimate of drug-likeness (QED) is 0.721. The average molecular weight is 226 g/mol. The predicted octanol–water partition coefficient (Wildman–Crippen LogP) is 2.17. The molecule has 0 aromatic carbocycles. The summed E-state index contributed by atoms with van der Waals surface area (Å²) in [6.45, 7) is 9.95. The van der Waals surface area contributed by atoms with Gasteiger partial charge in [0.1, 0.15) is 0 Å². The van der Waals surface area contributed by atoms with Crippen LogP contribution in [-0.4, -0.2) is 35.5 Å². The third kappa shape index (κ3) is 3.48. The fourth-order valence-electron chi connectivity index (χ4n) is 2.04. The number of nitrogens with one attached hydrogen (secondary N) is 1. The van der Waals surface area contributed by atoms with Gasteiger partial charge in [-0.25, -0.2) is 0 Å². The SMILES string of the molecule is CCCCN(C(=O)C(C)(C)NCC)C1CC1. The average Bonchev–Trinajstić information content (AvgIpc) is 3.02. The fraction of sp³-hybridized carbons (Fsp3) is 0.923. The first-order valence-corrected chi connectivity index (χ1v) is 6.59. The zero-order valence-electron chi connectivity index (χ0n) is 11.2. The molecule has 1 N–H and O–H groups in total. The molecule has 0 aliphatic heterocycles. The molecule has 3 heteroatoms. The third-order valence-corrected chi connectivity index (χ3v) is 3.15. The molecule has 0 radical (unpaired) electrons. The molecule has 94 valence electrons. The van der Waals surface area contributed by atoms with Crippen molar-refractivity contribution in [2.24, 2.45) is 0 Å². The van der Waals surface area contributed by atoms with Crippen LogP contribution in [0.15, 0.2) is 0 Å². The van der Waals surface area contributed by atoms with E-state index in [0.29, 0.717) is 6.04 Å². The van der Waals surface area contributed by atoms with Gasteiger partial charge in [0.25, 0.3) is 0 Å². The van der Waals surface area contributed by atoms with Crippen LogP contribution in [0.4, 0.5) is 0 Å².